The van der Waals surface area contributed by atoms with E-state index in [-0.39, 0.29) is 18.8 Å². The van der Waals surface area contributed by atoms with Crippen LogP contribution in [0.25, 0.3) is 10.9 Å². The van der Waals surface area contributed by atoms with E-state index in [2.05, 4.69) is 20.9 Å². The fourth-order valence-electron chi connectivity index (χ4n) is 3.46. The van der Waals surface area contributed by atoms with Gasteiger partial charge in [0.05, 0.1) is 12.6 Å². The summed E-state index contributed by atoms with van der Waals surface area (Å²) >= 11 is 0. The number of carboxylic acid groups (broad SMARTS) is 1. The van der Waals surface area contributed by atoms with Crippen LogP contribution in [-0.2, 0) is 25.6 Å². The number of nitrogens with two attached hydrogens (primary N) is 1. The van der Waals surface area contributed by atoms with Gasteiger partial charge in [-0.25, -0.2) is 4.79 Å². The summed E-state index contributed by atoms with van der Waals surface area (Å²) < 4.78 is 0. The molecule has 0 spiro atoms. The number of carbonyl (C=O) groups excluding carboxylic acids is 3. The summed E-state index contributed by atoms with van der Waals surface area (Å²) in [6.07, 6.45) is 2.00. The lowest BCUT2D eigenvalue weighted by Crippen LogP contribution is -2.58. The number of carbonyl (C=O) groups is 4. The van der Waals surface area contributed by atoms with Gasteiger partial charge in [-0.1, -0.05) is 32.0 Å². The highest BCUT2D eigenvalue weighted by Crippen LogP contribution is 2.19. The Morgan fingerprint density at radius 2 is 1.53 bits per heavy atom. The van der Waals surface area contributed by atoms with Crippen LogP contribution in [0.1, 0.15) is 32.8 Å². The minimum absolute atomic E-state index is 0.00223. The van der Waals surface area contributed by atoms with Crippen LogP contribution >= 0.6 is 0 Å². The second kappa shape index (κ2) is 12.1. The van der Waals surface area contributed by atoms with Gasteiger partial charge in [-0.3, -0.25) is 14.4 Å². The highest BCUT2D eigenvalue weighted by atomic mass is 16.4. The summed E-state index contributed by atoms with van der Waals surface area (Å²) in [7, 11) is 0. The zero-order chi connectivity index (χ0) is 25.4. The molecule has 4 atom stereocenters. The Labute approximate surface area is 197 Å². The second-order valence-corrected chi connectivity index (χ2v) is 8.69. The Morgan fingerprint density at radius 1 is 0.941 bits per heavy atom. The number of hydrogen-bond acceptors (Lipinski definition) is 6. The van der Waals surface area contributed by atoms with E-state index in [9.17, 15) is 29.4 Å². The van der Waals surface area contributed by atoms with Crippen LogP contribution in [0.5, 0.6) is 0 Å². The largest absolute Gasteiger partial charge is 0.480 e. The molecule has 2 aromatic rings. The molecule has 1 heterocycles. The average molecular weight is 476 g/mol. The van der Waals surface area contributed by atoms with Crippen LogP contribution in [0.2, 0.25) is 0 Å². The van der Waals surface area contributed by atoms with Gasteiger partial charge in [0.15, 0.2) is 0 Å². The lowest BCUT2D eigenvalue weighted by Gasteiger charge is -2.24. The van der Waals surface area contributed by atoms with Crippen molar-refractivity contribution < 1.29 is 29.4 Å². The predicted molar refractivity (Wildman–Crippen MR) is 126 cm³/mol. The molecule has 0 radical (unpaired) electrons. The van der Waals surface area contributed by atoms with E-state index in [0.29, 0.717) is 0 Å². The molecular formula is C23H33N5O6. The van der Waals surface area contributed by atoms with Crippen molar-refractivity contribution in [2.45, 2.75) is 57.8 Å². The monoisotopic (exact) mass is 475 g/mol. The summed E-state index contributed by atoms with van der Waals surface area (Å²) in [5.74, 6) is -3.34. The fourth-order valence-corrected chi connectivity index (χ4v) is 3.46. The van der Waals surface area contributed by atoms with Gasteiger partial charge in [0.1, 0.15) is 18.1 Å². The Hall–Kier alpha value is -3.44. The molecular weight excluding hydrogens is 442 g/mol. The van der Waals surface area contributed by atoms with Crippen molar-refractivity contribution in [2.24, 2.45) is 11.7 Å². The molecule has 0 fully saturated rings. The highest BCUT2D eigenvalue weighted by Gasteiger charge is 2.30. The van der Waals surface area contributed by atoms with Gasteiger partial charge >= 0.3 is 5.97 Å². The number of nitrogens with one attached hydrogen (secondary N) is 4. The molecule has 0 aliphatic rings. The third-order valence-electron chi connectivity index (χ3n) is 5.28. The zero-order valence-electron chi connectivity index (χ0n) is 19.5. The number of aromatic amines is 1. The fraction of sp³-hybridized carbons (Fsp3) is 0.478. The van der Waals surface area contributed by atoms with Gasteiger partial charge in [0, 0.05) is 23.5 Å². The maximum Gasteiger partial charge on any atom is 0.326 e. The summed E-state index contributed by atoms with van der Waals surface area (Å²) in [6.45, 7) is 4.33. The van der Waals surface area contributed by atoms with E-state index >= 15 is 0 Å². The molecule has 3 amide bonds. The van der Waals surface area contributed by atoms with Crippen LogP contribution in [0, 0.1) is 5.92 Å². The Morgan fingerprint density at radius 3 is 2.12 bits per heavy atom. The Balaban J connectivity index is 2.19. The van der Waals surface area contributed by atoms with Crippen molar-refractivity contribution in [3.05, 3.63) is 36.0 Å². The van der Waals surface area contributed by atoms with E-state index in [4.69, 9.17) is 5.73 Å². The summed E-state index contributed by atoms with van der Waals surface area (Å²) in [5, 5.41) is 27.2. The number of rotatable bonds is 12. The van der Waals surface area contributed by atoms with Crippen LogP contribution in [0.4, 0.5) is 0 Å². The first-order valence-electron chi connectivity index (χ1n) is 11.1. The van der Waals surface area contributed by atoms with Crippen LogP contribution in [0.3, 0.4) is 0 Å². The third-order valence-corrected chi connectivity index (χ3v) is 5.28. The number of para-hydroxylation sites is 1. The topological polar surface area (TPSA) is 187 Å². The first-order chi connectivity index (χ1) is 16.0. The van der Waals surface area contributed by atoms with E-state index in [1.807, 2.05) is 38.1 Å². The lowest BCUT2D eigenvalue weighted by atomic mass is 10.0. The molecule has 2 rings (SSSR count). The van der Waals surface area contributed by atoms with Gasteiger partial charge in [-0.05, 0) is 30.9 Å². The SMILES string of the molecule is CC(C)CC(NC(=O)C(CO)NC(=O)C(Cc1c[nH]c2ccccc12)NC(=O)C(C)N)C(=O)O. The van der Waals surface area contributed by atoms with Gasteiger partial charge in [-0.2, -0.15) is 0 Å². The Bertz CT molecular complexity index is 1020. The quantitative estimate of drug-likeness (QED) is 0.218. The van der Waals surface area contributed by atoms with Gasteiger partial charge in [-0.15, -0.1) is 0 Å². The first-order valence-corrected chi connectivity index (χ1v) is 11.1. The number of fused-ring (bicyclic) bond motifs is 1. The van der Waals surface area contributed by atoms with E-state index in [1.165, 1.54) is 6.92 Å². The van der Waals surface area contributed by atoms with Crippen LogP contribution < -0.4 is 21.7 Å². The summed E-state index contributed by atoms with van der Waals surface area (Å²) in [6, 6.07) is 2.91. The number of H-pyrrole nitrogens is 1. The van der Waals surface area contributed by atoms with Crippen LogP contribution in [0.15, 0.2) is 30.5 Å². The number of aliphatic hydroxyl groups excluding tert-OH is 1. The molecule has 4 unspecified atom stereocenters. The minimum Gasteiger partial charge on any atom is -0.480 e. The molecule has 11 nitrogen and oxygen atoms in total. The van der Waals surface area contributed by atoms with Gasteiger partial charge < -0.3 is 36.9 Å². The van der Waals surface area contributed by atoms with Crippen molar-refractivity contribution in [1.29, 1.82) is 0 Å². The van der Waals surface area contributed by atoms with Crippen molar-refractivity contribution >= 4 is 34.6 Å². The molecule has 0 aliphatic carbocycles. The standard InChI is InChI=1S/C23H33N5O6/c1-12(2)8-18(23(33)34)27-22(32)19(11-29)28-21(31)17(26-20(30)13(3)24)9-14-10-25-16-7-5-4-6-15(14)16/h4-7,10,12-13,17-19,25,29H,8-9,11,24H2,1-3H3,(H,26,30)(H,27,32)(H,28,31)(H,33,34). The molecule has 0 saturated carbocycles. The average Bonchev–Trinajstić information content (AvgIpc) is 3.18. The first kappa shape index (κ1) is 26.8. The van der Waals surface area contributed by atoms with Crippen molar-refractivity contribution in [2.75, 3.05) is 6.61 Å². The lowest BCUT2D eigenvalue weighted by molar-refractivity contribution is -0.143. The maximum absolute atomic E-state index is 13.1. The zero-order valence-corrected chi connectivity index (χ0v) is 19.5. The molecule has 0 saturated heterocycles. The molecule has 34 heavy (non-hydrogen) atoms. The number of hydrogen-bond donors (Lipinski definition) is 7. The second-order valence-electron chi connectivity index (χ2n) is 8.69. The molecule has 8 N–H and O–H groups in total. The highest BCUT2D eigenvalue weighted by molar-refractivity contribution is 5.94. The number of amides is 3. The summed E-state index contributed by atoms with van der Waals surface area (Å²) in [5.41, 5.74) is 7.25. The van der Waals surface area contributed by atoms with Crippen molar-refractivity contribution in [1.82, 2.24) is 20.9 Å². The van der Waals surface area contributed by atoms with E-state index in [1.54, 1.807) is 6.20 Å². The molecule has 186 valence electrons. The van der Waals surface area contributed by atoms with Gasteiger partial charge in [0.2, 0.25) is 17.7 Å². The molecule has 0 bridgehead atoms. The van der Waals surface area contributed by atoms with E-state index in [0.717, 1.165) is 16.5 Å². The molecule has 1 aromatic carbocycles. The number of benzene rings is 1. The maximum atomic E-state index is 13.1. The van der Waals surface area contributed by atoms with E-state index < -0.39 is 54.5 Å². The number of carboxylic acids is 1. The summed E-state index contributed by atoms with van der Waals surface area (Å²) in [4.78, 5) is 52.4. The molecule has 0 aliphatic heterocycles. The third kappa shape index (κ3) is 7.29. The van der Waals surface area contributed by atoms with Crippen LogP contribution in [-0.4, -0.2) is 69.7 Å². The van der Waals surface area contributed by atoms with Crippen molar-refractivity contribution in [3.63, 3.8) is 0 Å². The number of aromatic nitrogens is 1. The minimum atomic E-state index is -1.40. The molecule has 1 aromatic heterocycles. The van der Waals surface area contributed by atoms with Crippen molar-refractivity contribution in [3.8, 4) is 0 Å². The molecule has 11 heteroatoms. The Kier molecular flexibility index (Phi) is 9.58. The smallest absolute Gasteiger partial charge is 0.326 e. The predicted octanol–water partition coefficient (Wildman–Crippen LogP) is -0.365. The number of aliphatic carboxylic acids is 1. The van der Waals surface area contributed by atoms with Gasteiger partial charge in [0.25, 0.3) is 0 Å². The number of aliphatic hydroxyl groups is 1. The normalized spacial score (nSPS) is 14.8.